The first-order valence-electron chi connectivity index (χ1n) is 2.13. The Hall–Kier alpha value is -2.05. The summed E-state index contributed by atoms with van der Waals surface area (Å²) >= 11 is 0. The fourth-order valence-electron chi connectivity index (χ4n) is 0.157. The van der Waals surface area contributed by atoms with Crippen molar-refractivity contribution in [2.45, 2.75) is 0 Å². The fourth-order valence-corrected chi connectivity index (χ4v) is 0.157. The quantitative estimate of drug-likeness (QED) is 0.171. The smallest absolute Gasteiger partial charge is 0.251 e. The molecule has 0 bridgehead atoms. The summed E-state index contributed by atoms with van der Waals surface area (Å²) in [5, 5.41) is 0. The van der Waals surface area contributed by atoms with E-state index in [1.165, 1.54) is 0 Å². The molecule has 0 radical (unpaired) electrons. The number of hydrogen-bond donors (Lipinski definition) is 0. The molecule has 3 heteroatoms. The van der Waals surface area contributed by atoms with E-state index in [2.05, 4.69) is 27.5 Å². The molecule has 0 aliphatic carbocycles. The zero-order valence-corrected chi connectivity index (χ0v) is 4.88. The Labute approximate surface area is 58.2 Å². The molecule has 0 amide bonds. The minimum absolute atomic E-state index is 0.100. The molecule has 0 aromatic rings. The Morgan fingerprint density at radius 3 is 2.70 bits per heavy atom. The predicted octanol–water partition coefficient (Wildman–Crippen LogP) is -0.311. The van der Waals surface area contributed by atoms with E-state index in [9.17, 15) is 4.79 Å². The standard InChI is InChI=1S/C7H2O3/c1-2-3-4-5-6-9-10-7-8/h1,7H. The van der Waals surface area contributed by atoms with Crippen LogP contribution < -0.4 is 0 Å². The average Bonchev–Trinajstić information content (AvgIpc) is 1.97. The van der Waals surface area contributed by atoms with Crippen LogP contribution >= 0.6 is 0 Å². The number of rotatable bonds is 2. The molecular formula is C7H2O3. The van der Waals surface area contributed by atoms with Gasteiger partial charge in [0, 0.05) is 11.8 Å². The van der Waals surface area contributed by atoms with Crippen molar-refractivity contribution in [1.82, 2.24) is 0 Å². The highest BCUT2D eigenvalue weighted by Crippen LogP contribution is 1.64. The van der Waals surface area contributed by atoms with Crippen molar-refractivity contribution < 1.29 is 14.6 Å². The highest BCUT2D eigenvalue weighted by molar-refractivity contribution is 5.36. The van der Waals surface area contributed by atoms with Gasteiger partial charge < -0.3 is 0 Å². The van der Waals surface area contributed by atoms with Crippen LogP contribution in [0.3, 0.4) is 0 Å². The molecule has 0 N–H and O–H groups in total. The van der Waals surface area contributed by atoms with Gasteiger partial charge in [-0.15, -0.1) is 6.42 Å². The summed E-state index contributed by atoms with van der Waals surface area (Å²) in [5.74, 6) is 8.62. The number of carbonyl (C=O) groups excluding carboxylic acids is 1. The number of carbonyl (C=O) groups is 1. The van der Waals surface area contributed by atoms with Crippen LogP contribution in [0.25, 0.3) is 0 Å². The normalized spacial score (nSPS) is 4.70. The van der Waals surface area contributed by atoms with Crippen molar-refractivity contribution in [3.8, 4) is 36.2 Å². The molecule has 0 saturated heterocycles. The Balaban J connectivity index is 3.52. The zero-order valence-electron chi connectivity index (χ0n) is 4.88. The lowest BCUT2D eigenvalue weighted by Gasteiger charge is -1.80. The summed E-state index contributed by atoms with van der Waals surface area (Å²) in [7, 11) is 0. The zero-order chi connectivity index (χ0) is 7.66. The second-order valence-corrected chi connectivity index (χ2v) is 0.897. The van der Waals surface area contributed by atoms with Gasteiger partial charge in [0.25, 0.3) is 0 Å². The van der Waals surface area contributed by atoms with E-state index < -0.39 is 0 Å². The SMILES string of the molecule is C#CC#CC#COOC=O. The summed E-state index contributed by atoms with van der Waals surface area (Å²) in [4.78, 5) is 17.1. The van der Waals surface area contributed by atoms with E-state index in [4.69, 9.17) is 6.42 Å². The van der Waals surface area contributed by atoms with Crippen molar-refractivity contribution in [2.24, 2.45) is 0 Å². The molecular weight excluding hydrogens is 132 g/mol. The maximum absolute atomic E-state index is 9.41. The molecule has 0 rings (SSSR count). The molecule has 0 atom stereocenters. The predicted molar refractivity (Wildman–Crippen MR) is 32.6 cm³/mol. The van der Waals surface area contributed by atoms with E-state index in [0.717, 1.165) is 0 Å². The van der Waals surface area contributed by atoms with Gasteiger partial charge in [0.05, 0.1) is 0 Å². The van der Waals surface area contributed by atoms with Crippen molar-refractivity contribution in [1.29, 1.82) is 0 Å². The topological polar surface area (TPSA) is 35.5 Å². The van der Waals surface area contributed by atoms with Gasteiger partial charge in [0.1, 0.15) is 0 Å². The molecule has 0 aromatic heterocycles. The second kappa shape index (κ2) is 6.95. The van der Waals surface area contributed by atoms with Crippen LogP contribution in [0.2, 0.25) is 0 Å². The lowest BCUT2D eigenvalue weighted by Crippen LogP contribution is -1.81. The first-order valence-corrected chi connectivity index (χ1v) is 2.13. The maximum Gasteiger partial charge on any atom is 0.344 e. The van der Waals surface area contributed by atoms with Crippen LogP contribution in [0.15, 0.2) is 0 Å². The van der Waals surface area contributed by atoms with Gasteiger partial charge in [-0.3, -0.25) is 4.79 Å². The molecule has 0 aliphatic rings. The van der Waals surface area contributed by atoms with Gasteiger partial charge in [-0.05, 0) is 11.8 Å². The van der Waals surface area contributed by atoms with Crippen LogP contribution in [0, 0.1) is 36.2 Å². The first kappa shape index (κ1) is 7.95. The van der Waals surface area contributed by atoms with Crippen LogP contribution in [0.5, 0.6) is 0 Å². The fraction of sp³-hybridized carbons (Fsp3) is 0. The third-order valence-electron chi connectivity index (χ3n) is 0.377. The molecule has 3 nitrogen and oxygen atoms in total. The Morgan fingerprint density at radius 1 is 1.30 bits per heavy atom. The molecule has 0 spiro atoms. The van der Waals surface area contributed by atoms with E-state index in [1.807, 2.05) is 12.0 Å². The van der Waals surface area contributed by atoms with E-state index in [1.54, 1.807) is 0 Å². The second-order valence-electron chi connectivity index (χ2n) is 0.897. The van der Waals surface area contributed by atoms with Gasteiger partial charge in [-0.25, -0.2) is 9.78 Å². The minimum Gasteiger partial charge on any atom is -0.251 e. The van der Waals surface area contributed by atoms with Gasteiger partial charge >= 0.3 is 6.47 Å². The summed E-state index contributed by atoms with van der Waals surface area (Å²) < 4.78 is 0. The molecule has 0 fully saturated rings. The van der Waals surface area contributed by atoms with E-state index in [-0.39, 0.29) is 6.47 Å². The molecule has 0 aliphatic heterocycles. The number of hydrogen-bond acceptors (Lipinski definition) is 3. The lowest BCUT2D eigenvalue weighted by molar-refractivity contribution is -0.214. The van der Waals surface area contributed by atoms with Crippen molar-refractivity contribution in [3.05, 3.63) is 0 Å². The van der Waals surface area contributed by atoms with Gasteiger partial charge in [-0.2, -0.15) is 0 Å². The Bertz CT molecular complexity index is 251. The Kier molecular flexibility index (Phi) is 5.53. The minimum atomic E-state index is 0.100. The maximum atomic E-state index is 9.41. The first-order chi connectivity index (χ1) is 4.91. The van der Waals surface area contributed by atoms with Crippen LogP contribution in [0.1, 0.15) is 0 Å². The van der Waals surface area contributed by atoms with E-state index >= 15 is 0 Å². The molecule has 0 saturated carbocycles. The van der Waals surface area contributed by atoms with Crippen molar-refractivity contribution in [3.63, 3.8) is 0 Å². The monoisotopic (exact) mass is 134 g/mol. The molecule has 0 heterocycles. The summed E-state index contributed by atoms with van der Waals surface area (Å²) in [6.07, 6.45) is 6.70. The van der Waals surface area contributed by atoms with E-state index in [0.29, 0.717) is 0 Å². The van der Waals surface area contributed by atoms with Gasteiger partial charge in [0.15, 0.2) is 6.11 Å². The summed E-state index contributed by atoms with van der Waals surface area (Å²) in [6, 6.07) is 0. The molecule has 0 unspecified atom stereocenters. The van der Waals surface area contributed by atoms with Gasteiger partial charge in [-0.1, -0.05) is 0 Å². The van der Waals surface area contributed by atoms with Crippen LogP contribution in [0.4, 0.5) is 0 Å². The lowest BCUT2D eigenvalue weighted by atomic mass is 10.6. The average molecular weight is 134 g/mol. The summed E-state index contributed by atoms with van der Waals surface area (Å²) in [6.45, 7) is 0.100. The third-order valence-corrected chi connectivity index (χ3v) is 0.377. The molecule has 0 aromatic carbocycles. The summed E-state index contributed by atoms with van der Waals surface area (Å²) in [5.41, 5.74) is 0. The van der Waals surface area contributed by atoms with Crippen molar-refractivity contribution >= 4 is 6.47 Å². The molecule has 10 heavy (non-hydrogen) atoms. The Morgan fingerprint density at radius 2 is 2.10 bits per heavy atom. The van der Waals surface area contributed by atoms with Crippen LogP contribution in [-0.2, 0) is 14.6 Å². The van der Waals surface area contributed by atoms with Crippen molar-refractivity contribution in [2.75, 3.05) is 0 Å². The van der Waals surface area contributed by atoms with Crippen LogP contribution in [-0.4, -0.2) is 6.47 Å². The highest BCUT2D eigenvalue weighted by atomic mass is 17.2. The number of terminal acetylenes is 1. The molecule has 48 valence electrons. The highest BCUT2D eigenvalue weighted by Gasteiger charge is 1.68. The third kappa shape index (κ3) is 5.95. The van der Waals surface area contributed by atoms with Gasteiger partial charge in [0.2, 0.25) is 0 Å². The largest absolute Gasteiger partial charge is 0.344 e.